The molecule has 2 aromatic heterocycles. The normalized spacial score (nSPS) is 11.8. The number of aryl methyl sites for hydroxylation is 2. The van der Waals surface area contributed by atoms with Crippen molar-refractivity contribution >= 4 is 67.4 Å². The molecule has 0 amide bonds. The molecule has 234 valence electrons. The molecule has 4 aromatic carbocycles. The Balaban J connectivity index is 0.816. The summed E-state index contributed by atoms with van der Waals surface area (Å²) in [6, 6.07) is 33.1. The van der Waals surface area contributed by atoms with Gasteiger partial charge in [-0.3, -0.25) is 0 Å². The van der Waals surface area contributed by atoms with Crippen LogP contribution in [0.5, 0.6) is 11.5 Å². The van der Waals surface area contributed by atoms with E-state index in [9.17, 15) is 0 Å². The molecule has 0 aliphatic carbocycles. The molecule has 0 fully saturated rings. The number of fused-ring (bicyclic) bond motifs is 2. The highest BCUT2D eigenvalue weighted by Crippen LogP contribution is 2.23. The molecule has 0 aliphatic rings. The summed E-state index contributed by atoms with van der Waals surface area (Å²) in [5, 5.41) is 2.42. The van der Waals surface area contributed by atoms with Gasteiger partial charge in [-0.1, -0.05) is 71.2 Å². The summed E-state index contributed by atoms with van der Waals surface area (Å²) in [4.78, 5) is 0. The standard InChI is InChI=1S/C38H38N2O4S2/c1-39-33-7-3-5-9-35(33)45-37(39)21-15-29-11-17-31(18-12-29)43-27-25-41-23-24-42-26-28-44-32-19-13-30(14-20-32)16-22-38-40(2)34-8-4-6-10-36(34)46-38/h3-22H,23-28H2,1-2H3/q+2/b21-15+,22-16+. The van der Waals surface area contributed by atoms with Crippen LogP contribution in [0.2, 0.25) is 0 Å². The number of thiazole rings is 2. The summed E-state index contributed by atoms with van der Waals surface area (Å²) >= 11 is 3.58. The van der Waals surface area contributed by atoms with E-state index in [2.05, 4.69) is 120 Å². The zero-order chi connectivity index (χ0) is 31.6. The van der Waals surface area contributed by atoms with E-state index in [1.54, 1.807) is 22.7 Å². The molecule has 0 unspecified atom stereocenters. The zero-order valence-electron chi connectivity index (χ0n) is 26.1. The van der Waals surface area contributed by atoms with E-state index in [-0.39, 0.29) is 0 Å². The summed E-state index contributed by atoms with van der Waals surface area (Å²) in [6.07, 6.45) is 8.58. The highest BCUT2D eigenvalue weighted by Gasteiger charge is 2.14. The van der Waals surface area contributed by atoms with Gasteiger partial charge in [0, 0.05) is 24.3 Å². The van der Waals surface area contributed by atoms with Crippen molar-refractivity contribution in [3.63, 3.8) is 0 Å². The van der Waals surface area contributed by atoms with Gasteiger partial charge in [-0.2, -0.15) is 9.13 Å². The highest BCUT2D eigenvalue weighted by atomic mass is 32.1. The second-order valence-electron chi connectivity index (χ2n) is 10.7. The van der Waals surface area contributed by atoms with Gasteiger partial charge in [-0.25, -0.2) is 0 Å². The average Bonchev–Trinajstić information content (AvgIpc) is 3.60. The number of benzene rings is 4. The van der Waals surface area contributed by atoms with E-state index in [0.29, 0.717) is 39.6 Å². The van der Waals surface area contributed by atoms with Crippen LogP contribution in [0.25, 0.3) is 44.7 Å². The number of aromatic nitrogens is 2. The molecule has 0 radical (unpaired) electrons. The SMILES string of the molecule is C[n+]1c(/C=C/c2ccc(OCCOCCOCCOc3ccc(/C=C/c4sc5ccccc5[n+]4C)cc3)cc2)sc2ccccc21. The van der Waals surface area contributed by atoms with Crippen molar-refractivity contribution in [2.45, 2.75) is 0 Å². The maximum atomic E-state index is 5.82. The van der Waals surface area contributed by atoms with Crippen molar-refractivity contribution in [1.29, 1.82) is 0 Å². The van der Waals surface area contributed by atoms with E-state index in [1.165, 1.54) is 30.4 Å². The highest BCUT2D eigenvalue weighted by molar-refractivity contribution is 7.19. The Morgan fingerprint density at radius 1 is 0.478 bits per heavy atom. The van der Waals surface area contributed by atoms with Gasteiger partial charge in [0.2, 0.25) is 11.0 Å². The fraction of sp³-hybridized carbons (Fsp3) is 0.211. The van der Waals surface area contributed by atoms with Gasteiger partial charge in [0.15, 0.2) is 0 Å². The van der Waals surface area contributed by atoms with E-state index in [1.807, 2.05) is 24.3 Å². The van der Waals surface area contributed by atoms with Crippen LogP contribution < -0.4 is 18.6 Å². The molecule has 6 nitrogen and oxygen atoms in total. The number of hydrogen-bond donors (Lipinski definition) is 0. The van der Waals surface area contributed by atoms with Crippen LogP contribution in [0.1, 0.15) is 21.1 Å². The Hall–Kier alpha value is -4.34. The number of nitrogens with zero attached hydrogens (tertiary/aromatic N) is 2. The van der Waals surface area contributed by atoms with E-state index >= 15 is 0 Å². The number of para-hydroxylation sites is 2. The Morgan fingerprint density at radius 3 is 1.28 bits per heavy atom. The minimum absolute atomic E-state index is 0.490. The topological polar surface area (TPSA) is 44.7 Å². The second kappa shape index (κ2) is 15.8. The number of ether oxygens (including phenoxy) is 4. The summed E-state index contributed by atoms with van der Waals surface area (Å²) in [5.74, 6) is 1.66. The van der Waals surface area contributed by atoms with Crippen molar-refractivity contribution in [1.82, 2.24) is 0 Å². The lowest BCUT2D eigenvalue weighted by Crippen LogP contribution is -2.28. The van der Waals surface area contributed by atoms with Crippen LogP contribution in [-0.4, -0.2) is 39.6 Å². The first-order chi connectivity index (χ1) is 22.6. The zero-order valence-corrected chi connectivity index (χ0v) is 27.8. The molecular weight excluding hydrogens is 613 g/mol. The van der Waals surface area contributed by atoms with Gasteiger partial charge in [0.1, 0.15) is 48.2 Å². The van der Waals surface area contributed by atoms with Crippen molar-refractivity contribution < 1.29 is 28.1 Å². The van der Waals surface area contributed by atoms with Gasteiger partial charge in [0.25, 0.3) is 10.0 Å². The molecule has 0 atom stereocenters. The van der Waals surface area contributed by atoms with Crippen LogP contribution >= 0.6 is 22.7 Å². The maximum Gasteiger partial charge on any atom is 0.262 e. The Bertz CT molecular complexity index is 1780. The lowest BCUT2D eigenvalue weighted by molar-refractivity contribution is -0.642. The third-order valence-electron chi connectivity index (χ3n) is 7.51. The molecule has 0 saturated heterocycles. The van der Waals surface area contributed by atoms with Gasteiger partial charge >= 0.3 is 0 Å². The number of rotatable bonds is 15. The summed E-state index contributed by atoms with van der Waals surface area (Å²) in [6.45, 7) is 3.02. The monoisotopic (exact) mass is 650 g/mol. The summed E-state index contributed by atoms with van der Waals surface area (Å²) in [7, 11) is 4.21. The molecule has 6 rings (SSSR count). The summed E-state index contributed by atoms with van der Waals surface area (Å²) < 4.78 is 30.0. The lowest BCUT2D eigenvalue weighted by Gasteiger charge is -2.09. The van der Waals surface area contributed by atoms with Crippen molar-refractivity contribution in [2.24, 2.45) is 14.1 Å². The first-order valence-electron chi connectivity index (χ1n) is 15.4. The number of hydrogen-bond acceptors (Lipinski definition) is 6. The van der Waals surface area contributed by atoms with Gasteiger partial charge in [-0.05, 0) is 59.7 Å². The van der Waals surface area contributed by atoms with Gasteiger partial charge in [0.05, 0.1) is 26.4 Å². The Kier molecular flexibility index (Phi) is 10.9. The van der Waals surface area contributed by atoms with Crippen molar-refractivity contribution in [3.8, 4) is 11.5 Å². The molecule has 2 heterocycles. The second-order valence-corrected chi connectivity index (χ2v) is 12.8. The quantitative estimate of drug-likeness (QED) is 0.0849. The van der Waals surface area contributed by atoms with Crippen LogP contribution in [0, 0.1) is 0 Å². The molecule has 0 saturated carbocycles. The molecule has 8 heteroatoms. The average molecular weight is 651 g/mol. The fourth-order valence-corrected chi connectivity index (χ4v) is 7.08. The fourth-order valence-electron chi connectivity index (χ4n) is 4.98. The summed E-state index contributed by atoms with van der Waals surface area (Å²) in [5.41, 5.74) is 4.76. The predicted molar refractivity (Wildman–Crippen MR) is 189 cm³/mol. The van der Waals surface area contributed by atoms with E-state index in [4.69, 9.17) is 18.9 Å². The van der Waals surface area contributed by atoms with Crippen LogP contribution in [0.15, 0.2) is 97.1 Å². The van der Waals surface area contributed by atoms with Gasteiger partial charge < -0.3 is 18.9 Å². The molecule has 46 heavy (non-hydrogen) atoms. The third-order valence-corrected chi connectivity index (χ3v) is 9.87. The maximum absolute atomic E-state index is 5.82. The van der Waals surface area contributed by atoms with E-state index < -0.39 is 0 Å². The predicted octanol–water partition coefficient (Wildman–Crippen LogP) is 7.60. The van der Waals surface area contributed by atoms with Crippen molar-refractivity contribution in [3.05, 3.63) is 118 Å². The first kappa shape index (κ1) is 31.6. The van der Waals surface area contributed by atoms with E-state index in [0.717, 1.165) is 22.6 Å². The minimum Gasteiger partial charge on any atom is -0.491 e. The molecule has 6 aromatic rings. The molecular formula is C38H38N2O4S2+2. The lowest BCUT2D eigenvalue weighted by atomic mass is 10.2. The van der Waals surface area contributed by atoms with Crippen LogP contribution in [-0.2, 0) is 23.6 Å². The molecule has 0 bridgehead atoms. The largest absolute Gasteiger partial charge is 0.491 e. The molecule has 0 spiro atoms. The van der Waals surface area contributed by atoms with Crippen LogP contribution in [0.3, 0.4) is 0 Å². The first-order valence-corrected chi connectivity index (χ1v) is 17.0. The van der Waals surface area contributed by atoms with Crippen LogP contribution in [0.4, 0.5) is 0 Å². The third kappa shape index (κ3) is 8.27. The Labute approximate surface area is 278 Å². The Morgan fingerprint density at radius 2 is 0.870 bits per heavy atom. The van der Waals surface area contributed by atoms with Gasteiger partial charge in [-0.15, -0.1) is 0 Å². The van der Waals surface area contributed by atoms with Crippen molar-refractivity contribution in [2.75, 3.05) is 39.6 Å². The molecule has 0 aliphatic heterocycles. The minimum atomic E-state index is 0.490. The molecule has 0 N–H and O–H groups in total. The smallest absolute Gasteiger partial charge is 0.262 e.